The highest BCUT2D eigenvalue weighted by Gasteiger charge is 2.07. The van der Waals surface area contributed by atoms with Gasteiger partial charge in [-0.05, 0) is 25.7 Å². The Balaban J connectivity index is 2.45. The van der Waals surface area contributed by atoms with Gasteiger partial charge in [-0.15, -0.1) is 0 Å². The average Bonchev–Trinajstić information content (AvgIpc) is 1.64. The molecule has 1 heterocycles. The summed E-state index contributed by atoms with van der Waals surface area (Å²) in [5.74, 6) is 0.882. The molecule has 1 rings (SSSR count). The van der Waals surface area contributed by atoms with Crippen LogP contribution in [0.1, 0.15) is 26.7 Å². The first-order valence-electron chi connectivity index (χ1n) is 3.29. The van der Waals surface area contributed by atoms with Crippen molar-refractivity contribution in [1.82, 2.24) is 0 Å². The Bertz CT molecular complexity index is 105. The second-order valence-electron chi connectivity index (χ2n) is 2.71. The molecule has 1 aliphatic rings. The molecule has 0 aromatic rings. The summed E-state index contributed by atoms with van der Waals surface area (Å²) in [5, 5.41) is 0. The molecule has 0 unspecified atom stereocenters. The first-order chi connectivity index (χ1) is 3.79. The first-order valence-corrected chi connectivity index (χ1v) is 3.29. The molecule has 8 heavy (non-hydrogen) atoms. The maximum atomic E-state index is 4.30. The van der Waals surface area contributed by atoms with Gasteiger partial charge in [0.2, 0.25) is 0 Å². The van der Waals surface area contributed by atoms with Gasteiger partial charge in [-0.2, -0.15) is 0 Å². The Labute approximate surface area is 50.8 Å². The van der Waals surface area contributed by atoms with E-state index < -0.39 is 0 Å². The van der Waals surface area contributed by atoms with Crippen molar-refractivity contribution in [3.63, 3.8) is 0 Å². The summed E-state index contributed by atoms with van der Waals surface area (Å²) in [6, 6.07) is 0. The van der Waals surface area contributed by atoms with E-state index in [1.165, 1.54) is 18.6 Å². The standard InChI is InChI=1S/C7H13N/c1-6-3-4-8-7(2)5-6/h6H,3-5H2,1-2H3/t6-/m1/s1. The molecule has 1 heteroatoms. The van der Waals surface area contributed by atoms with Crippen molar-refractivity contribution in [3.8, 4) is 0 Å². The molecule has 0 bridgehead atoms. The van der Waals surface area contributed by atoms with Crippen LogP contribution in [0, 0.1) is 5.92 Å². The molecular formula is C7H13N. The van der Waals surface area contributed by atoms with Gasteiger partial charge >= 0.3 is 0 Å². The first kappa shape index (κ1) is 5.80. The van der Waals surface area contributed by atoms with E-state index in [0.29, 0.717) is 0 Å². The Morgan fingerprint density at radius 2 is 2.38 bits per heavy atom. The predicted octanol–water partition coefficient (Wildman–Crippen LogP) is 1.88. The third kappa shape index (κ3) is 1.32. The fraction of sp³-hybridized carbons (Fsp3) is 0.857. The quantitative estimate of drug-likeness (QED) is 0.452. The van der Waals surface area contributed by atoms with E-state index in [2.05, 4.69) is 18.8 Å². The Morgan fingerprint density at radius 3 is 2.75 bits per heavy atom. The van der Waals surface area contributed by atoms with E-state index in [1.807, 2.05) is 0 Å². The van der Waals surface area contributed by atoms with Crippen LogP contribution >= 0.6 is 0 Å². The predicted molar refractivity (Wildman–Crippen MR) is 36.4 cm³/mol. The fourth-order valence-corrected chi connectivity index (χ4v) is 1.15. The molecule has 0 spiro atoms. The van der Waals surface area contributed by atoms with E-state index in [4.69, 9.17) is 0 Å². The summed E-state index contributed by atoms with van der Waals surface area (Å²) in [7, 11) is 0. The lowest BCUT2D eigenvalue weighted by Crippen LogP contribution is -2.09. The zero-order valence-electron chi connectivity index (χ0n) is 5.65. The minimum atomic E-state index is 0.882. The van der Waals surface area contributed by atoms with Gasteiger partial charge in [0.05, 0.1) is 0 Å². The van der Waals surface area contributed by atoms with E-state index in [0.717, 1.165) is 12.5 Å². The van der Waals surface area contributed by atoms with Gasteiger partial charge in [-0.25, -0.2) is 0 Å². The fourth-order valence-electron chi connectivity index (χ4n) is 1.15. The second kappa shape index (κ2) is 2.29. The van der Waals surface area contributed by atoms with Crippen molar-refractivity contribution in [1.29, 1.82) is 0 Å². The third-order valence-corrected chi connectivity index (χ3v) is 1.65. The zero-order valence-corrected chi connectivity index (χ0v) is 5.65. The minimum absolute atomic E-state index is 0.882. The van der Waals surface area contributed by atoms with Gasteiger partial charge in [-0.3, -0.25) is 4.99 Å². The molecule has 0 saturated carbocycles. The lowest BCUT2D eigenvalue weighted by Gasteiger charge is -2.14. The van der Waals surface area contributed by atoms with E-state index in [1.54, 1.807) is 0 Å². The van der Waals surface area contributed by atoms with Crippen LogP contribution in [-0.4, -0.2) is 12.3 Å². The van der Waals surface area contributed by atoms with Gasteiger partial charge in [-0.1, -0.05) is 6.92 Å². The third-order valence-electron chi connectivity index (χ3n) is 1.65. The largest absolute Gasteiger partial charge is 0.294 e. The second-order valence-corrected chi connectivity index (χ2v) is 2.71. The van der Waals surface area contributed by atoms with E-state index in [9.17, 15) is 0 Å². The van der Waals surface area contributed by atoms with Crippen molar-refractivity contribution < 1.29 is 0 Å². The monoisotopic (exact) mass is 111 g/mol. The van der Waals surface area contributed by atoms with Crippen molar-refractivity contribution in [2.75, 3.05) is 6.54 Å². The van der Waals surface area contributed by atoms with Crippen molar-refractivity contribution in [2.45, 2.75) is 26.7 Å². The zero-order chi connectivity index (χ0) is 5.98. The molecule has 1 atom stereocenters. The van der Waals surface area contributed by atoms with Gasteiger partial charge < -0.3 is 0 Å². The smallest absolute Gasteiger partial charge is 0.0391 e. The van der Waals surface area contributed by atoms with Crippen molar-refractivity contribution in [3.05, 3.63) is 0 Å². The molecular weight excluding hydrogens is 98.1 g/mol. The van der Waals surface area contributed by atoms with Crippen LogP contribution in [0.3, 0.4) is 0 Å². The lowest BCUT2D eigenvalue weighted by atomic mass is 9.99. The normalized spacial score (nSPS) is 29.8. The van der Waals surface area contributed by atoms with Crippen LogP contribution in [0.5, 0.6) is 0 Å². The average molecular weight is 111 g/mol. The number of nitrogens with zero attached hydrogens (tertiary/aromatic N) is 1. The van der Waals surface area contributed by atoms with Gasteiger partial charge in [0.1, 0.15) is 0 Å². The topological polar surface area (TPSA) is 12.4 Å². The minimum Gasteiger partial charge on any atom is -0.294 e. The molecule has 0 radical (unpaired) electrons. The van der Waals surface area contributed by atoms with E-state index in [-0.39, 0.29) is 0 Å². The highest BCUT2D eigenvalue weighted by molar-refractivity contribution is 5.82. The Hall–Kier alpha value is -0.330. The van der Waals surface area contributed by atoms with Crippen molar-refractivity contribution in [2.24, 2.45) is 10.9 Å². The number of hydrogen-bond donors (Lipinski definition) is 0. The molecule has 46 valence electrons. The summed E-state index contributed by atoms with van der Waals surface area (Å²) < 4.78 is 0. The van der Waals surface area contributed by atoms with Crippen LogP contribution in [-0.2, 0) is 0 Å². The molecule has 0 amide bonds. The molecule has 0 N–H and O–H groups in total. The molecule has 0 saturated heterocycles. The molecule has 0 aromatic heterocycles. The van der Waals surface area contributed by atoms with Gasteiger partial charge in [0.25, 0.3) is 0 Å². The Morgan fingerprint density at radius 1 is 1.62 bits per heavy atom. The maximum absolute atomic E-state index is 4.30. The highest BCUT2D eigenvalue weighted by atomic mass is 14.7. The van der Waals surface area contributed by atoms with Gasteiger partial charge in [0.15, 0.2) is 0 Å². The van der Waals surface area contributed by atoms with Gasteiger partial charge in [0, 0.05) is 12.3 Å². The molecule has 1 aliphatic heterocycles. The van der Waals surface area contributed by atoms with Crippen LogP contribution in [0.25, 0.3) is 0 Å². The van der Waals surface area contributed by atoms with Crippen LogP contribution in [0.2, 0.25) is 0 Å². The van der Waals surface area contributed by atoms with Crippen LogP contribution < -0.4 is 0 Å². The SMILES string of the molecule is CC1=NCC[C@@H](C)C1. The number of rotatable bonds is 0. The number of hydrogen-bond acceptors (Lipinski definition) is 1. The number of aliphatic imine (C=N–C) groups is 1. The molecule has 0 fully saturated rings. The highest BCUT2D eigenvalue weighted by Crippen LogP contribution is 2.13. The Kier molecular flexibility index (Phi) is 1.66. The lowest BCUT2D eigenvalue weighted by molar-refractivity contribution is 0.540. The molecule has 1 nitrogen and oxygen atoms in total. The summed E-state index contributed by atoms with van der Waals surface area (Å²) in [4.78, 5) is 4.30. The maximum Gasteiger partial charge on any atom is 0.0391 e. The summed E-state index contributed by atoms with van der Waals surface area (Å²) >= 11 is 0. The van der Waals surface area contributed by atoms with Crippen molar-refractivity contribution >= 4 is 5.71 Å². The van der Waals surface area contributed by atoms with E-state index >= 15 is 0 Å². The van der Waals surface area contributed by atoms with Crippen LogP contribution in [0.4, 0.5) is 0 Å². The van der Waals surface area contributed by atoms with Crippen LogP contribution in [0.15, 0.2) is 4.99 Å². The molecule has 0 aliphatic carbocycles. The summed E-state index contributed by atoms with van der Waals surface area (Å²) in [6.07, 6.45) is 2.51. The summed E-state index contributed by atoms with van der Waals surface area (Å²) in [5.41, 5.74) is 1.34. The summed E-state index contributed by atoms with van der Waals surface area (Å²) in [6.45, 7) is 5.47. The molecule has 0 aromatic carbocycles.